The monoisotopic (exact) mass is 212 g/mol. The first kappa shape index (κ1) is 9.48. The average molecular weight is 212 g/mol. The van der Waals surface area contributed by atoms with Gasteiger partial charge in [-0.25, -0.2) is 4.21 Å². The van der Waals surface area contributed by atoms with Crippen LogP contribution in [0.4, 0.5) is 11.4 Å². The van der Waals surface area contributed by atoms with Crippen molar-refractivity contribution in [2.75, 3.05) is 23.2 Å². The molecular formula is C9H12N2O2S. The molecule has 2 rings (SSSR count). The zero-order chi connectivity index (χ0) is 10.1. The van der Waals surface area contributed by atoms with Crippen molar-refractivity contribution in [2.45, 2.75) is 6.42 Å². The molecule has 1 unspecified atom stereocenters. The van der Waals surface area contributed by atoms with Crippen LogP contribution >= 0.6 is 0 Å². The summed E-state index contributed by atoms with van der Waals surface area (Å²) < 4.78 is 21.6. The Labute approximate surface area is 85.3 Å². The van der Waals surface area contributed by atoms with E-state index in [-0.39, 0.29) is 0 Å². The molecule has 0 aliphatic carbocycles. The predicted octanol–water partition coefficient (Wildman–Crippen LogP) is 1.23. The molecule has 2 N–H and O–H groups in total. The smallest absolute Gasteiger partial charge is 0.259 e. The molecule has 76 valence electrons. The van der Waals surface area contributed by atoms with Gasteiger partial charge in [-0.2, -0.15) is 0 Å². The number of likely N-dealkylation sites (N-methyl/N-ethyl adjacent to an activating group) is 1. The Kier molecular flexibility index (Phi) is 2.43. The maximum Gasteiger partial charge on any atom is 0.259 e. The molecule has 4 nitrogen and oxygen atoms in total. The summed E-state index contributed by atoms with van der Waals surface area (Å²) in [7, 11) is 2.04. The number of benzene rings is 1. The number of fused-ring (bicyclic) bond motifs is 1. The van der Waals surface area contributed by atoms with Gasteiger partial charge in [-0.1, -0.05) is 0 Å². The van der Waals surface area contributed by atoms with Crippen LogP contribution in [0.2, 0.25) is 0 Å². The Morgan fingerprint density at radius 2 is 2.36 bits per heavy atom. The Morgan fingerprint density at radius 3 is 3.07 bits per heavy atom. The molecule has 1 aliphatic rings. The van der Waals surface area contributed by atoms with E-state index in [1.54, 1.807) is 0 Å². The maximum absolute atomic E-state index is 10.5. The second-order valence-corrected chi connectivity index (χ2v) is 4.07. The van der Waals surface area contributed by atoms with Crippen molar-refractivity contribution in [2.24, 2.45) is 0 Å². The van der Waals surface area contributed by atoms with E-state index in [4.69, 9.17) is 4.55 Å². The number of nitrogens with one attached hydrogen (secondary N) is 1. The van der Waals surface area contributed by atoms with Crippen molar-refractivity contribution in [3.05, 3.63) is 23.8 Å². The van der Waals surface area contributed by atoms with E-state index in [1.165, 1.54) is 11.3 Å². The number of hydrogen-bond acceptors (Lipinski definition) is 2. The van der Waals surface area contributed by atoms with Crippen LogP contribution < -0.4 is 9.62 Å². The zero-order valence-electron chi connectivity index (χ0n) is 7.86. The first-order valence-electron chi connectivity index (χ1n) is 4.38. The molecule has 1 atom stereocenters. The summed E-state index contributed by atoms with van der Waals surface area (Å²) in [6.07, 6.45) is 0.999. The second-order valence-electron chi connectivity index (χ2n) is 3.37. The fraction of sp³-hybridized carbons (Fsp3) is 0.333. The summed E-state index contributed by atoms with van der Waals surface area (Å²) in [6.45, 7) is 1.01. The third kappa shape index (κ3) is 1.73. The molecule has 1 aromatic carbocycles. The molecule has 14 heavy (non-hydrogen) atoms. The topological polar surface area (TPSA) is 52.6 Å². The van der Waals surface area contributed by atoms with Crippen LogP contribution in [0, 0.1) is 0 Å². The van der Waals surface area contributed by atoms with Crippen LogP contribution in [-0.4, -0.2) is 22.4 Å². The third-order valence-corrected chi connectivity index (χ3v) is 2.82. The van der Waals surface area contributed by atoms with Crippen LogP contribution in [0.3, 0.4) is 0 Å². The van der Waals surface area contributed by atoms with E-state index < -0.39 is 11.3 Å². The van der Waals surface area contributed by atoms with Crippen molar-refractivity contribution in [1.82, 2.24) is 0 Å². The van der Waals surface area contributed by atoms with E-state index in [2.05, 4.69) is 9.62 Å². The molecule has 0 amide bonds. The summed E-state index contributed by atoms with van der Waals surface area (Å²) >= 11 is -1.99. The molecular weight excluding hydrogens is 200 g/mol. The standard InChI is InChI=1S/C9H12N2O2S/c1-11-5-4-7-6-8(10-14(12)13)2-3-9(7)11/h2-3,6,10H,4-5H2,1H3,(H,12,13). The highest BCUT2D eigenvalue weighted by atomic mass is 32.2. The first-order valence-corrected chi connectivity index (χ1v) is 5.49. The van der Waals surface area contributed by atoms with Gasteiger partial charge in [0.2, 0.25) is 0 Å². The third-order valence-electron chi connectivity index (χ3n) is 2.41. The lowest BCUT2D eigenvalue weighted by Crippen LogP contribution is -2.12. The van der Waals surface area contributed by atoms with Gasteiger partial charge in [0, 0.05) is 25.0 Å². The number of anilines is 2. The second kappa shape index (κ2) is 3.59. The minimum atomic E-state index is -1.99. The fourth-order valence-electron chi connectivity index (χ4n) is 1.73. The van der Waals surface area contributed by atoms with E-state index in [1.807, 2.05) is 25.2 Å². The van der Waals surface area contributed by atoms with E-state index in [0.29, 0.717) is 5.69 Å². The summed E-state index contributed by atoms with van der Waals surface area (Å²) in [5.74, 6) is 0. The minimum Gasteiger partial charge on any atom is -0.374 e. The molecule has 0 radical (unpaired) electrons. The molecule has 1 aromatic rings. The van der Waals surface area contributed by atoms with Gasteiger partial charge < -0.3 is 4.90 Å². The molecule has 0 aromatic heterocycles. The molecule has 0 bridgehead atoms. The Hall–Kier alpha value is -1.07. The van der Waals surface area contributed by atoms with Crippen molar-refractivity contribution < 1.29 is 8.76 Å². The van der Waals surface area contributed by atoms with Crippen LogP contribution in [-0.2, 0) is 17.7 Å². The molecule has 0 saturated carbocycles. The van der Waals surface area contributed by atoms with Gasteiger partial charge in [-0.05, 0) is 30.2 Å². The lowest BCUT2D eigenvalue weighted by atomic mass is 10.1. The lowest BCUT2D eigenvalue weighted by molar-refractivity contribution is 0.570. The summed E-state index contributed by atoms with van der Waals surface area (Å²) in [5, 5.41) is 0. The van der Waals surface area contributed by atoms with E-state index in [0.717, 1.165) is 13.0 Å². The SMILES string of the molecule is CN1CCc2cc(NS(=O)O)ccc21. The van der Waals surface area contributed by atoms with Crippen LogP contribution in [0.1, 0.15) is 5.56 Å². The van der Waals surface area contributed by atoms with E-state index >= 15 is 0 Å². The molecule has 1 aliphatic heterocycles. The highest BCUT2D eigenvalue weighted by Gasteiger charge is 2.15. The van der Waals surface area contributed by atoms with Crippen molar-refractivity contribution in [1.29, 1.82) is 0 Å². The highest BCUT2D eigenvalue weighted by Crippen LogP contribution is 2.29. The summed E-state index contributed by atoms with van der Waals surface area (Å²) in [5.41, 5.74) is 3.13. The van der Waals surface area contributed by atoms with Crippen LogP contribution in [0.25, 0.3) is 0 Å². The zero-order valence-corrected chi connectivity index (χ0v) is 8.67. The van der Waals surface area contributed by atoms with Crippen molar-refractivity contribution in [3.63, 3.8) is 0 Å². The van der Waals surface area contributed by atoms with Crippen molar-refractivity contribution in [3.8, 4) is 0 Å². The van der Waals surface area contributed by atoms with E-state index in [9.17, 15) is 4.21 Å². The van der Waals surface area contributed by atoms with Crippen LogP contribution in [0.5, 0.6) is 0 Å². The normalized spacial score (nSPS) is 16.6. The van der Waals surface area contributed by atoms with Gasteiger partial charge >= 0.3 is 0 Å². The van der Waals surface area contributed by atoms with Gasteiger partial charge in [0.1, 0.15) is 0 Å². The number of nitrogens with zero attached hydrogens (tertiary/aromatic N) is 1. The van der Waals surface area contributed by atoms with Gasteiger partial charge in [0.15, 0.2) is 0 Å². The number of hydrogen-bond donors (Lipinski definition) is 2. The van der Waals surface area contributed by atoms with Gasteiger partial charge in [-0.3, -0.25) is 9.27 Å². The molecule has 0 fully saturated rings. The quantitative estimate of drug-likeness (QED) is 0.725. The van der Waals surface area contributed by atoms with Crippen molar-refractivity contribution >= 4 is 22.6 Å². The Morgan fingerprint density at radius 1 is 1.57 bits per heavy atom. The molecule has 0 saturated heterocycles. The Balaban J connectivity index is 2.28. The van der Waals surface area contributed by atoms with Gasteiger partial charge in [0.25, 0.3) is 11.3 Å². The molecule has 0 spiro atoms. The lowest BCUT2D eigenvalue weighted by Gasteiger charge is -2.11. The summed E-state index contributed by atoms with van der Waals surface area (Å²) in [4.78, 5) is 2.18. The maximum atomic E-state index is 10.5. The van der Waals surface area contributed by atoms with Crippen LogP contribution in [0.15, 0.2) is 18.2 Å². The first-order chi connectivity index (χ1) is 6.66. The molecule has 1 heterocycles. The highest BCUT2D eigenvalue weighted by molar-refractivity contribution is 7.80. The Bertz CT molecular complexity index is 381. The fourth-order valence-corrected chi connectivity index (χ4v) is 2.06. The largest absolute Gasteiger partial charge is 0.374 e. The van der Waals surface area contributed by atoms with Gasteiger partial charge in [0.05, 0.1) is 0 Å². The minimum absolute atomic E-state index is 0.694. The summed E-state index contributed by atoms with van der Waals surface area (Å²) in [6, 6.07) is 5.71. The predicted molar refractivity (Wildman–Crippen MR) is 57.8 cm³/mol. The number of rotatable bonds is 2. The molecule has 5 heteroatoms. The average Bonchev–Trinajstić information content (AvgIpc) is 2.46. The van der Waals surface area contributed by atoms with Gasteiger partial charge in [-0.15, -0.1) is 0 Å².